The smallest absolute Gasteiger partial charge is 0.408 e. The number of esters is 1. The lowest BCUT2D eigenvalue weighted by Gasteiger charge is -2.24. The second-order valence-electron chi connectivity index (χ2n) is 5.98. The van der Waals surface area contributed by atoms with Crippen LogP contribution in [0.5, 0.6) is 0 Å². The zero-order chi connectivity index (χ0) is 17.5. The van der Waals surface area contributed by atoms with Gasteiger partial charge in [0.1, 0.15) is 11.6 Å². The summed E-state index contributed by atoms with van der Waals surface area (Å²) in [6.45, 7) is 8.71. The maximum Gasteiger partial charge on any atom is 0.408 e. The molecular weight excluding hydrogens is 307 g/mol. The SMILES string of the molecule is C=PC(NC(=O)OC(C)(C)C)C(=O)NC(C(=O)OC)C(C)C. The van der Waals surface area contributed by atoms with Crippen LogP contribution >= 0.6 is 8.20 Å². The summed E-state index contributed by atoms with van der Waals surface area (Å²) in [6, 6.07) is -0.790. The summed E-state index contributed by atoms with van der Waals surface area (Å²) in [4.78, 5) is 35.5. The van der Waals surface area contributed by atoms with Crippen molar-refractivity contribution in [1.82, 2.24) is 10.6 Å². The Labute approximate surface area is 132 Å². The maximum absolute atomic E-state index is 12.2. The average molecular weight is 332 g/mol. The normalized spacial score (nSPS) is 14.1. The van der Waals surface area contributed by atoms with Crippen molar-refractivity contribution in [3.63, 3.8) is 0 Å². The van der Waals surface area contributed by atoms with Crippen LogP contribution in [0.3, 0.4) is 0 Å². The van der Waals surface area contributed by atoms with Gasteiger partial charge >= 0.3 is 12.1 Å². The first-order valence-electron chi connectivity index (χ1n) is 6.85. The lowest BCUT2D eigenvalue weighted by Crippen LogP contribution is -2.52. The molecule has 0 aliphatic rings. The summed E-state index contributed by atoms with van der Waals surface area (Å²) in [6.07, 6.45) is 2.88. The van der Waals surface area contributed by atoms with Crippen molar-refractivity contribution in [3.8, 4) is 0 Å². The number of rotatable bonds is 6. The fraction of sp³-hybridized carbons (Fsp3) is 0.714. The molecule has 0 fully saturated rings. The first-order chi connectivity index (χ1) is 10.0. The van der Waals surface area contributed by atoms with Crippen LogP contribution in [0.1, 0.15) is 34.6 Å². The highest BCUT2D eigenvalue weighted by Crippen LogP contribution is 2.10. The van der Waals surface area contributed by atoms with E-state index in [-0.39, 0.29) is 5.92 Å². The third-order valence-electron chi connectivity index (χ3n) is 2.50. The molecule has 2 unspecified atom stereocenters. The molecule has 22 heavy (non-hydrogen) atoms. The second-order valence-corrected chi connectivity index (χ2v) is 6.87. The number of amides is 2. The molecule has 2 atom stereocenters. The first-order valence-corrected chi connectivity index (χ1v) is 8.00. The molecule has 126 valence electrons. The van der Waals surface area contributed by atoms with E-state index in [1.54, 1.807) is 34.6 Å². The highest BCUT2D eigenvalue weighted by molar-refractivity contribution is 7.38. The molecule has 0 aromatic heterocycles. The Bertz CT molecular complexity index is 431. The van der Waals surface area contributed by atoms with E-state index in [1.165, 1.54) is 7.11 Å². The minimum Gasteiger partial charge on any atom is -0.467 e. The van der Waals surface area contributed by atoms with Gasteiger partial charge in [-0.3, -0.25) is 4.79 Å². The quantitative estimate of drug-likeness (QED) is 0.568. The van der Waals surface area contributed by atoms with Crippen molar-refractivity contribution in [1.29, 1.82) is 0 Å². The van der Waals surface area contributed by atoms with Crippen LogP contribution in [0.2, 0.25) is 0 Å². The van der Waals surface area contributed by atoms with Gasteiger partial charge in [0.05, 0.1) is 7.11 Å². The molecular formula is C14H25N2O5P. The molecule has 7 nitrogen and oxygen atoms in total. The van der Waals surface area contributed by atoms with E-state index in [2.05, 4.69) is 21.7 Å². The van der Waals surface area contributed by atoms with Crippen LogP contribution < -0.4 is 10.6 Å². The molecule has 0 bridgehead atoms. The van der Waals surface area contributed by atoms with Gasteiger partial charge in [-0.2, -0.15) is 0 Å². The third-order valence-corrected chi connectivity index (χ3v) is 3.23. The lowest BCUT2D eigenvalue weighted by molar-refractivity contribution is -0.146. The van der Waals surface area contributed by atoms with Crippen molar-refractivity contribution in [2.45, 2.75) is 52.0 Å². The Kier molecular flexibility index (Phi) is 8.09. The summed E-state index contributed by atoms with van der Waals surface area (Å²) in [5.41, 5.74) is -0.671. The number of carbonyl (C=O) groups is 3. The standard InChI is InChI=1S/C14H25N2O5P/c1-8(2)9(12(18)20-6)15-10(17)11(22-7)16-13(19)21-14(3,4)5/h8-9,11H,7H2,1-6H3,(H,15,17)(H,16,19). The van der Waals surface area contributed by atoms with Crippen molar-refractivity contribution in [2.24, 2.45) is 5.92 Å². The van der Waals surface area contributed by atoms with E-state index < -0.39 is 35.4 Å². The van der Waals surface area contributed by atoms with Gasteiger partial charge < -0.3 is 20.1 Å². The summed E-state index contributed by atoms with van der Waals surface area (Å²) in [5, 5.41) is 4.98. The highest BCUT2D eigenvalue weighted by atomic mass is 31.1. The molecule has 0 saturated heterocycles. The molecule has 0 spiro atoms. The Hall–Kier alpha value is -1.62. The largest absolute Gasteiger partial charge is 0.467 e. The van der Waals surface area contributed by atoms with Gasteiger partial charge in [-0.05, 0) is 26.7 Å². The Morgan fingerprint density at radius 1 is 1.14 bits per heavy atom. The topological polar surface area (TPSA) is 93.7 Å². The Morgan fingerprint density at radius 3 is 2.05 bits per heavy atom. The van der Waals surface area contributed by atoms with E-state index in [9.17, 15) is 14.4 Å². The summed E-state index contributed by atoms with van der Waals surface area (Å²) >= 11 is 0. The van der Waals surface area contributed by atoms with E-state index >= 15 is 0 Å². The van der Waals surface area contributed by atoms with Crippen LogP contribution in [0, 0.1) is 5.92 Å². The van der Waals surface area contributed by atoms with E-state index in [0.29, 0.717) is 8.20 Å². The molecule has 0 aliphatic carbocycles. The van der Waals surface area contributed by atoms with Gasteiger partial charge in [0.2, 0.25) is 0 Å². The molecule has 8 heteroatoms. The Balaban J connectivity index is 4.81. The molecule has 0 aromatic rings. The minimum absolute atomic E-state index is 0.153. The van der Waals surface area contributed by atoms with Gasteiger partial charge in [0.15, 0.2) is 5.78 Å². The van der Waals surface area contributed by atoms with Gasteiger partial charge in [-0.15, -0.1) is 0 Å². The second kappa shape index (κ2) is 8.73. The van der Waals surface area contributed by atoms with E-state index in [4.69, 9.17) is 4.74 Å². The minimum atomic E-state index is -0.916. The number of alkyl carbamates (subject to hydrolysis) is 1. The predicted octanol–water partition coefficient (Wildman–Crippen LogP) is 1.53. The molecule has 0 aliphatic heterocycles. The van der Waals surface area contributed by atoms with Gasteiger partial charge in [0, 0.05) is 0 Å². The van der Waals surface area contributed by atoms with Crippen LogP contribution in [0.15, 0.2) is 0 Å². The third kappa shape index (κ3) is 7.41. The predicted molar refractivity (Wildman–Crippen MR) is 86.0 cm³/mol. The lowest BCUT2D eigenvalue weighted by atomic mass is 10.0. The number of ether oxygens (including phenoxy) is 2. The summed E-state index contributed by atoms with van der Waals surface area (Å²) < 4.78 is 9.74. The molecule has 0 saturated carbocycles. The van der Waals surface area contributed by atoms with Crippen LogP contribution in [0.4, 0.5) is 4.79 Å². The Morgan fingerprint density at radius 2 is 1.68 bits per heavy atom. The number of hydrogen-bond acceptors (Lipinski definition) is 5. The van der Waals surface area contributed by atoms with E-state index in [1.807, 2.05) is 0 Å². The van der Waals surface area contributed by atoms with Gasteiger partial charge in [0.25, 0.3) is 5.91 Å². The fourth-order valence-corrected chi connectivity index (χ4v) is 1.91. The summed E-state index contributed by atoms with van der Waals surface area (Å²) in [5.74, 6) is -2.13. The first kappa shape index (κ1) is 20.4. The van der Waals surface area contributed by atoms with Crippen molar-refractivity contribution in [3.05, 3.63) is 0 Å². The molecule has 0 rings (SSSR count). The van der Waals surface area contributed by atoms with Crippen LogP contribution in [0.25, 0.3) is 0 Å². The number of hydrogen-bond donors (Lipinski definition) is 2. The zero-order valence-electron chi connectivity index (χ0n) is 13.9. The van der Waals surface area contributed by atoms with Crippen molar-refractivity contribution in [2.75, 3.05) is 7.11 Å². The maximum atomic E-state index is 12.2. The van der Waals surface area contributed by atoms with Crippen molar-refractivity contribution >= 4 is 32.5 Å². The fourth-order valence-electron chi connectivity index (χ4n) is 1.47. The van der Waals surface area contributed by atoms with Crippen LogP contribution in [-0.4, -0.2) is 48.8 Å². The average Bonchev–Trinajstić information content (AvgIpc) is 2.38. The summed E-state index contributed by atoms with van der Waals surface area (Å²) in [7, 11) is 1.62. The zero-order valence-corrected chi connectivity index (χ0v) is 14.8. The van der Waals surface area contributed by atoms with Crippen LogP contribution in [-0.2, 0) is 19.1 Å². The number of carbonyl (C=O) groups excluding carboxylic acids is 3. The van der Waals surface area contributed by atoms with Crippen molar-refractivity contribution < 1.29 is 23.9 Å². The highest BCUT2D eigenvalue weighted by Gasteiger charge is 2.29. The van der Waals surface area contributed by atoms with E-state index in [0.717, 1.165) is 0 Å². The number of methoxy groups -OCH3 is 1. The number of nitrogens with one attached hydrogen (secondary N) is 2. The van der Waals surface area contributed by atoms with Gasteiger partial charge in [-0.1, -0.05) is 28.4 Å². The molecule has 0 heterocycles. The molecule has 0 aromatic carbocycles. The monoisotopic (exact) mass is 332 g/mol. The molecule has 2 N–H and O–H groups in total. The molecule has 0 radical (unpaired) electrons. The molecule has 2 amide bonds. The van der Waals surface area contributed by atoms with Gasteiger partial charge in [-0.25, -0.2) is 9.59 Å².